The van der Waals surface area contributed by atoms with Crippen molar-refractivity contribution >= 4 is 11.5 Å². The minimum Gasteiger partial charge on any atom is -0.494 e. The molecule has 2 rings (SSSR count). The molecule has 0 spiro atoms. The van der Waals surface area contributed by atoms with Crippen molar-refractivity contribution in [2.45, 2.75) is 26.8 Å². The first-order chi connectivity index (χ1) is 9.95. The molecule has 0 amide bonds. The molecule has 2 N–H and O–H groups in total. The van der Waals surface area contributed by atoms with Crippen LogP contribution < -0.4 is 10.5 Å². The van der Waals surface area contributed by atoms with E-state index in [0.29, 0.717) is 12.3 Å². The molecule has 0 fully saturated rings. The van der Waals surface area contributed by atoms with Gasteiger partial charge in [0.1, 0.15) is 11.4 Å². The third kappa shape index (κ3) is 2.81. The molecule has 1 heterocycles. The first-order valence-corrected chi connectivity index (χ1v) is 6.67. The highest BCUT2D eigenvalue weighted by atomic mass is 16.6. The Kier molecular flexibility index (Phi) is 4.11. The van der Waals surface area contributed by atoms with E-state index in [1.54, 1.807) is 6.92 Å². The van der Waals surface area contributed by atoms with E-state index in [4.69, 9.17) is 10.5 Å². The highest BCUT2D eigenvalue weighted by molar-refractivity contribution is 5.56. The normalized spacial score (nSPS) is 12.1. The molecule has 0 saturated heterocycles. The number of nitrogens with zero attached hydrogens (tertiary/aromatic N) is 3. The van der Waals surface area contributed by atoms with Gasteiger partial charge in [0.05, 0.1) is 17.6 Å². The Bertz CT molecular complexity index is 649. The fraction of sp³-hybridized carbons (Fsp3) is 0.357. The number of aromatic nitrogens is 2. The first kappa shape index (κ1) is 14.8. The first-order valence-electron chi connectivity index (χ1n) is 6.67. The zero-order chi connectivity index (χ0) is 15.6. The summed E-state index contributed by atoms with van der Waals surface area (Å²) in [5.41, 5.74) is 6.99. The van der Waals surface area contributed by atoms with Crippen LogP contribution in [0.15, 0.2) is 24.3 Å². The minimum atomic E-state index is -0.501. The Morgan fingerprint density at radius 3 is 2.52 bits per heavy atom. The summed E-state index contributed by atoms with van der Waals surface area (Å²) in [5, 5.41) is 15.2. The van der Waals surface area contributed by atoms with Crippen molar-refractivity contribution in [2.75, 3.05) is 12.3 Å². The van der Waals surface area contributed by atoms with Crippen molar-refractivity contribution in [1.82, 2.24) is 9.78 Å². The number of nitro groups is 1. The summed E-state index contributed by atoms with van der Waals surface area (Å²) in [6.07, 6.45) is 0. The molecule has 1 unspecified atom stereocenters. The zero-order valence-corrected chi connectivity index (χ0v) is 12.2. The summed E-state index contributed by atoms with van der Waals surface area (Å²) in [7, 11) is 0. The molecule has 0 aliphatic rings. The standard InChI is InChI=1S/C14H18N4O3/c1-4-21-12-7-5-11(6-8-12)10(3)17-14(15)13(18(19)20)9(2)16-17/h5-8,10H,4,15H2,1-3H3. The average Bonchev–Trinajstić information content (AvgIpc) is 2.74. The van der Waals surface area contributed by atoms with E-state index in [0.717, 1.165) is 11.3 Å². The van der Waals surface area contributed by atoms with Gasteiger partial charge < -0.3 is 10.5 Å². The molecule has 2 aromatic rings. The van der Waals surface area contributed by atoms with E-state index < -0.39 is 4.92 Å². The largest absolute Gasteiger partial charge is 0.494 e. The van der Waals surface area contributed by atoms with Crippen molar-refractivity contribution in [3.63, 3.8) is 0 Å². The van der Waals surface area contributed by atoms with Crippen LogP contribution in [0.2, 0.25) is 0 Å². The zero-order valence-electron chi connectivity index (χ0n) is 12.2. The molecule has 0 radical (unpaired) electrons. The maximum atomic E-state index is 11.0. The number of rotatable bonds is 5. The lowest BCUT2D eigenvalue weighted by molar-refractivity contribution is -0.384. The lowest BCUT2D eigenvalue weighted by Crippen LogP contribution is -2.12. The second-order valence-electron chi connectivity index (χ2n) is 4.70. The average molecular weight is 290 g/mol. The molecular formula is C14H18N4O3. The van der Waals surface area contributed by atoms with E-state index in [1.165, 1.54) is 4.68 Å². The highest BCUT2D eigenvalue weighted by Gasteiger charge is 2.25. The lowest BCUT2D eigenvalue weighted by atomic mass is 10.1. The summed E-state index contributed by atoms with van der Waals surface area (Å²) >= 11 is 0. The minimum absolute atomic E-state index is 0.0684. The van der Waals surface area contributed by atoms with Crippen molar-refractivity contribution in [3.05, 3.63) is 45.6 Å². The number of aryl methyl sites for hydroxylation is 1. The number of hydrogen-bond acceptors (Lipinski definition) is 5. The predicted octanol–water partition coefficient (Wildman–Crippen LogP) is 2.69. The van der Waals surface area contributed by atoms with Crippen LogP contribution in [0.5, 0.6) is 5.75 Å². The van der Waals surface area contributed by atoms with Crippen LogP contribution in [0.1, 0.15) is 31.1 Å². The molecule has 7 nitrogen and oxygen atoms in total. The molecular weight excluding hydrogens is 272 g/mol. The monoisotopic (exact) mass is 290 g/mol. The van der Waals surface area contributed by atoms with Gasteiger partial charge in [-0.25, -0.2) is 4.68 Å². The van der Waals surface area contributed by atoms with Crippen LogP contribution in [0.3, 0.4) is 0 Å². The Labute approximate surface area is 122 Å². The number of anilines is 1. The van der Waals surface area contributed by atoms with E-state index in [2.05, 4.69) is 5.10 Å². The van der Waals surface area contributed by atoms with Gasteiger partial charge >= 0.3 is 5.69 Å². The second kappa shape index (κ2) is 5.82. The number of nitrogen functional groups attached to an aromatic ring is 1. The van der Waals surface area contributed by atoms with Crippen molar-refractivity contribution in [3.8, 4) is 5.75 Å². The van der Waals surface area contributed by atoms with Crippen LogP contribution in [-0.4, -0.2) is 21.3 Å². The molecule has 21 heavy (non-hydrogen) atoms. The summed E-state index contributed by atoms with van der Waals surface area (Å²) in [4.78, 5) is 10.5. The third-order valence-electron chi connectivity index (χ3n) is 3.31. The fourth-order valence-electron chi connectivity index (χ4n) is 2.23. The van der Waals surface area contributed by atoms with E-state index in [1.807, 2.05) is 38.1 Å². The Balaban J connectivity index is 2.33. The van der Waals surface area contributed by atoms with Gasteiger partial charge in [0.25, 0.3) is 0 Å². The number of ether oxygens (including phenoxy) is 1. The Morgan fingerprint density at radius 2 is 2.05 bits per heavy atom. The van der Waals surface area contributed by atoms with Gasteiger partial charge in [0, 0.05) is 0 Å². The number of nitrogens with two attached hydrogens (primary N) is 1. The van der Waals surface area contributed by atoms with E-state index in [9.17, 15) is 10.1 Å². The van der Waals surface area contributed by atoms with Crippen LogP contribution in [0.4, 0.5) is 11.5 Å². The van der Waals surface area contributed by atoms with Gasteiger partial charge in [-0.1, -0.05) is 12.1 Å². The van der Waals surface area contributed by atoms with Gasteiger partial charge in [-0.3, -0.25) is 10.1 Å². The second-order valence-corrected chi connectivity index (χ2v) is 4.70. The molecule has 0 saturated carbocycles. The van der Waals surface area contributed by atoms with Gasteiger partial charge in [-0.15, -0.1) is 0 Å². The summed E-state index contributed by atoms with van der Waals surface area (Å²) in [6, 6.07) is 7.32. The van der Waals surface area contributed by atoms with Crippen molar-refractivity contribution < 1.29 is 9.66 Å². The van der Waals surface area contributed by atoms with Gasteiger partial charge in [-0.05, 0) is 38.5 Å². The van der Waals surface area contributed by atoms with Gasteiger partial charge in [0.2, 0.25) is 5.82 Å². The molecule has 0 aliphatic carbocycles. The quantitative estimate of drug-likeness (QED) is 0.674. The molecule has 1 aromatic carbocycles. The highest BCUT2D eigenvalue weighted by Crippen LogP contribution is 2.30. The van der Waals surface area contributed by atoms with E-state index in [-0.39, 0.29) is 17.5 Å². The number of hydrogen-bond donors (Lipinski definition) is 1. The summed E-state index contributed by atoms with van der Waals surface area (Å²) in [5.74, 6) is 0.850. The predicted molar refractivity (Wildman–Crippen MR) is 79.5 cm³/mol. The molecule has 112 valence electrons. The van der Waals surface area contributed by atoms with E-state index >= 15 is 0 Å². The molecule has 1 atom stereocenters. The SMILES string of the molecule is CCOc1ccc(C(C)n2nc(C)c([N+](=O)[O-])c2N)cc1. The maximum absolute atomic E-state index is 11.0. The third-order valence-corrected chi connectivity index (χ3v) is 3.31. The van der Waals surface area contributed by atoms with Gasteiger partial charge in [0.15, 0.2) is 0 Å². The maximum Gasteiger partial charge on any atom is 0.333 e. The lowest BCUT2D eigenvalue weighted by Gasteiger charge is -2.14. The van der Waals surface area contributed by atoms with Crippen molar-refractivity contribution in [2.24, 2.45) is 0 Å². The molecule has 0 aliphatic heterocycles. The van der Waals surface area contributed by atoms with Gasteiger partial charge in [-0.2, -0.15) is 5.10 Å². The fourth-order valence-corrected chi connectivity index (χ4v) is 2.23. The van der Waals surface area contributed by atoms with Crippen LogP contribution in [0, 0.1) is 17.0 Å². The smallest absolute Gasteiger partial charge is 0.333 e. The summed E-state index contributed by atoms with van der Waals surface area (Å²) < 4.78 is 6.86. The Morgan fingerprint density at radius 1 is 1.43 bits per heavy atom. The van der Waals surface area contributed by atoms with Crippen molar-refractivity contribution in [1.29, 1.82) is 0 Å². The van der Waals surface area contributed by atoms with Crippen LogP contribution >= 0.6 is 0 Å². The molecule has 0 bridgehead atoms. The number of benzene rings is 1. The summed E-state index contributed by atoms with van der Waals surface area (Å²) in [6.45, 7) is 5.99. The van der Waals surface area contributed by atoms with Crippen LogP contribution in [-0.2, 0) is 0 Å². The van der Waals surface area contributed by atoms with Crippen LogP contribution in [0.25, 0.3) is 0 Å². The topological polar surface area (TPSA) is 96.2 Å². The Hall–Kier alpha value is -2.57. The molecule has 1 aromatic heterocycles. The molecule has 7 heteroatoms.